The van der Waals surface area contributed by atoms with E-state index in [0.717, 1.165) is 32.1 Å². The molecule has 1 N–H and O–H groups in total. The molecule has 0 aliphatic heterocycles. The van der Waals surface area contributed by atoms with Crippen molar-refractivity contribution in [3.8, 4) is 0 Å². The second-order valence-electron chi connectivity index (χ2n) is 13.4. The minimum Gasteiger partial charge on any atom is -0.396 e. The smallest absolute Gasteiger partial charge is 0.146 e. The van der Waals surface area contributed by atoms with Gasteiger partial charge in [-0.15, -0.1) is 0 Å². The van der Waals surface area contributed by atoms with E-state index in [9.17, 15) is 5.11 Å². The molecule has 0 aromatic carbocycles. The van der Waals surface area contributed by atoms with Crippen LogP contribution in [0.5, 0.6) is 0 Å². The average Bonchev–Trinajstić information content (AvgIpc) is 3.21. The third-order valence-electron chi connectivity index (χ3n) is 11.8. The number of fused-ring (bicyclic) bond motifs is 5. The lowest BCUT2D eigenvalue weighted by molar-refractivity contribution is -0.239. The van der Waals surface area contributed by atoms with Crippen molar-refractivity contribution in [1.82, 2.24) is 0 Å². The molecule has 0 radical (unpaired) electrons. The molecule has 0 heterocycles. The molecule has 0 bridgehead atoms. The van der Waals surface area contributed by atoms with E-state index in [1.54, 1.807) is 21.3 Å². The normalized spacial score (nSPS) is 45.3. The summed E-state index contributed by atoms with van der Waals surface area (Å²) in [4.78, 5) is 0. The van der Waals surface area contributed by atoms with Crippen LogP contribution in [0.25, 0.3) is 0 Å². The Balaban J connectivity index is 1.71. The Morgan fingerprint density at radius 3 is 2.13 bits per heavy atom. The molecule has 4 aliphatic rings. The van der Waals surface area contributed by atoms with Gasteiger partial charge in [-0.25, -0.2) is 0 Å². The van der Waals surface area contributed by atoms with Crippen LogP contribution in [-0.4, -0.2) is 71.7 Å². The van der Waals surface area contributed by atoms with Crippen molar-refractivity contribution in [2.24, 2.45) is 52.3 Å². The number of aliphatic hydroxyl groups excluding tert-OH is 1. The van der Waals surface area contributed by atoms with Crippen LogP contribution in [-0.2, 0) is 28.4 Å². The van der Waals surface area contributed by atoms with Gasteiger partial charge in [0.05, 0.1) is 18.3 Å². The third kappa shape index (κ3) is 5.47. The van der Waals surface area contributed by atoms with Gasteiger partial charge in [-0.1, -0.05) is 34.1 Å². The van der Waals surface area contributed by atoms with Gasteiger partial charge in [-0.3, -0.25) is 0 Å². The van der Waals surface area contributed by atoms with E-state index in [1.165, 1.54) is 19.3 Å². The number of rotatable bonds is 13. The van der Waals surface area contributed by atoms with Crippen LogP contribution < -0.4 is 0 Å². The Morgan fingerprint density at radius 2 is 1.47 bits per heavy atom. The molecule has 0 amide bonds. The maximum Gasteiger partial charge on any atom is 0.146 e. The largest absolute Gasteiger partial charge is 0.396 e. The Kier molecular flexibility index (Phi) is 10.6. The van der Waals surface area contributed by atoms with Crippen LogP contribution >= 0.6 is 0 Å². The molecule has 0 aromatic rings. The number of hydrogen-bond donors (Lipinski definition) is 1. The lowest BCUT2D eigenvalue weighted by atomic mass is 9.41. The van der Waals surface area contributed by atoms with Crippen LogP contribution in [0, 0.1) is 52.3 Å². The summed E-state index contributed by atoms with van der Waals surface area (Å²) < 4.78 is 35.5. The molecule has 0 spiro atoms. The standard InChI is InChI=1S/C31H56O7/c1-8-22-24-15-21(36-17-33-5)9-12-30(24,3)23-10-13-31(4)25(27(23)29(22)38-19-35-7)16-26(37-18-34-6)28(31)20(2)11-14-32/h20-29,32H,8-19H2,1-7H3/t20-,21-,22-,23?,24+,25?,26+,27?,28+,29-,30-,31+/m1/s1. The Hall–Kier alpha value is -0.280. The number of methoxy groups -OCH3 is 3. The lowest BCUT2D eigenvalue weighted by Crippen LogP contribution is -2.63. The fraction of sp³-hybridized carbons (Fsp3) is 1.00. The fourth-order valence-electron chi connectivity index (χ4n) is 10.4. The van der Waals surface area contributed by atoms with Gasteiger partial charge in [0.25, 0.3) is 0 Å². The summed E-state index contributed by atoms with van der Waals surface area (Å²) in [6.07, 6.45) is 9.40. The molecule has 4 saturated carbocycles. The highest BCUT2D eigenvalue weighted by Gasteiger charge is 2.67. The number of ether oxygens (including phenoxy) is 6. The molecule has 0 saturated heterocycles. The second-order valence-corrected chi connectivity index (χ2v) is 13.4. The van der Waals surface area contributed by atoms with E-state index in [4.69, 9.17) is 28.4 Å². The fourth-order valence-corrected chi connectivity index (χ4v) is 10.4. The first-order chi connectivity index (χ1) is 18.3. The SMILES string of the molecule is CC[C@H]1[C@@H](OCOC)C2C3C[C@H](OCOC)[C@H]([C@H](C)CCO)[C@@]3(C)CCC2[C@@]2(C)CC[C@@H](OCOC)C[C@@H]12. The Bertz CT molecular complexity index is 735. The zero-order chi connectivity index (χ0) is 27.5. The molecule has 0 aromatic heterocycles. The molecule has 38 heavy (non-hydrogen) atoms. The molecule has 222 valence electrons. The van der Waals surface area contributed by atoms with Crippen LogP contribution in [0.2, 0.25) is 0 Å². The van der Waals surface area contributed by atoms with E-state index in [-0.39, 0.29) is 35.7 Å². The van der Waals surface area contributed by atoms with Gasteiger partial charge in [0, 0.05) is 27.9 Å². The minimum absolute atomic E-state index is 0.150. The summed E-state index contributed by atoms with van der Waals surface area (Å²) in [6.45, 7) is 11.1. The van der Waals surface area contributed by atoms with E-state index in [2.05, 4.69) is 27.7 Å². The maximum atomic E-state index is 9.85. The van der Waals surface area contributed by atoms with Crippen LogP contribution in [0.15, 0.2) is 0 Å². The van der Waals surface area contributed by atoms with Crippen molar-refractivity contribution in [1.29, 1.82) is 0 Å². The summed E-state index contributed by atoms with van der Waals surface area (Å²) in [6, 6.07) is 0. The first-order valence-corrected chi connectivity index (χ1v) is 15.2. The zero-order valence-corrected chi connectivity index (χ0v) is 25.2. The second kappa shape index (κ2) is 13.1. The van der Waals surface area contributed by atoms with Gasteiger partial charge in [0.2, 0.25) is 0 Å². The van der Waals surface area contributed by atoms with E-state index >= 15 is 0 Å². The Morgan fingerprint density at radius 1 is 0.816 bits per heavy atom. The molecule has 7 nitrogen and oxygen atoms in total. The summed E-state index contributed by atoms with van der Waals surface area (Å²) >= 11 is 0. The van der Waals surface area contributed by atoms with Crippen molar-refractivity contribution < 1.29 is 33.5 Å². The first-order valence-electron chi connectivity index (χ1n) is 15.2. The topological polar surface area (TPSA) is 75.6 Å². The highest BCUT2D eigenvalue weighted by molar-refractivity contribution is 5.15. The van der Waals surface area contributed by atoms with E-state index in [1.807, 2.05) is 0 Å². The zero-order valence-electron chi connectivity index (χ0n) is 25.2. The molecule has 12 atom stereocenters. The van der Waals surface area contributed by atoms with Gasteiger partial charge >= 0.3 is 0 Å². The van der Waals surface area contributed by atoms with E-state index in [0.29, 0.717) is 61.8 Å². The van der Waals surface area contributed by atoms with Crippen molar-refractivity contribution in [3.63, 3.8) is 0 Å². The van der Waals surface area contributed by atoms with Gasteiger partial charge in [0.1, 0.15) is 20.4 Å². The monoisotopic (exact) mass is 540 g/mol. The summed E-state index contributed by atoms with van der Waals surface area (Å²) in [5.41, 5.74) is 0.438. The summed E-state index contributed by atoms with van der Waals surface area (Å²) in [5, 5.41) is 9.85. The van der Waals surface area contributed by atoms with Crippen molar-refractivity contribution in [3.05, 3.63) is 0 Å². The third-order valence-corrected chi connectivity index (χ3v) is 11.8. The summed E-state index contributed by atoms with van der Waals surface area (Å²) in [7, 11) is 5.16. The highest BCUT2D eigenvalue weighted by atomic mass is 16.7. The molecule has 4 rings (SSSR count). The van der Waals surface area contributed by atoms with Gasteiger partial charge in [-0.05, 0) is 97.2 Å². The summed E-state index contributed by atoms with van der Waals surface area (Å²) in [5.74, 6) is 3.46. The van der Waals surface area contributed by atoms with Crippen molar-refractivity contribution in [2.75, 3.05) is 48.3 Å². The maximum absolute atomic E-state index is 9.85. The van der Waals surface area contributed by atoms with Gasteiger partial charge in [-0.2, -0.15) is 0 Å². The predicted octanol–water partition coefficient (Wildman–Crippen LogP) is 5.49. The minimum atomic E-state index is 0.150. The number of hydrogen-bond acceptors (Lipinski definition) is 7. The average molecular weight is 541 g/mol. The van der Waals surface area contributed by atoms with Gasteiger partial charge in [0.15, 0.2) is 0 Å². The van der Waals surface area contributed by atoms with Crippen LogP contribution in [0.1, 0.15) is 79.1 Å². The molecule has 7 heteroatoms. The first kappa shape index (κ1) is 30.7. The van der Waals surface area contributed by atoms with Crippen molar-refractivity contribution in [2.45, 2.75) is 97.4 Å². The Labute approximate surface area is 231 Å². The predicted molar refractivity (Wildman–Crippen MR) is 146 cm³/mol. The van der Waals surface area contributed by atoms with E-state index < -0.39 is 0 Å². The quantitative estimate of drug-likeness (QED) is 0.310. The van der Waals surface area contributed by atoms with Gasteiger partial charge < -0.3 is 33.5 Å². The van der Waals surface area contributed by atoms with Crippen LogP contribution in [0.4, 0.5) is 0 Å². The van der Waals surface area contributed by atoms with Crippen LogP contribution in [0.3, 0.4) is 0 Å². The molecule has 4 aliphatic carbocycles. The molecular weight excluding hydrogens is 484 g/mol. The van der Waals surface area contributed by atoms with Crippen molar-refractivity contribution >= 4 is 0 Å². The molecule has 3 unspecified atom stereocenters. The highest BCUT2D eigenvalue weighted by Crippen LogP contribution is 2.70. The molecular formula is C31H56O7. The molecule has 4 fully saturated rings. The number of aliphatic hydroxyl groups is 1. The lowest BCUT2D eigenvalue weighted by Gasteiger charge is -2.65.